The lowest BCUT2D eigenvalue weighted by atomic mass is 10.0. The van der Waals surface area contributed by atoms with Crippen molar-refractivity contribution in [3.63, 3.8) is 0 Å². The Morgan fingerprint density at radius 2 is 1.77 bits per heavy atom. The van der Waals surface area contributed by atoms with Crippen LogP contribution in [0.4, 0.5) is 5.69 Å². The molecule has 1 amide bonds. The van der Waals surface area contributed by atoms with E-state index in [0.29, 0.717) is 17.9 Å². The molecule has 0 atom stereocenters. The smallest absolute Gasteiger partial charge is 0.303 e. The van der Waals surface area contributed by atoms with E-state index < -0.39 is 5.97 Å². The molecule has 0 spiro atoms. The van der Waals surface area contributed by atoms with E-state index in [1.54, 1.807) is 18.2 Å². The van der Waals surface area contributed by atoms with Crippen LogP contribution in [0.2, 0.25) is 0 Å². The standard InChI is InChI=1S/C25H31NO4/c1-3-4-5-9-20-13-15-21(16-14-20)19(2)18-24(27)26-22-10-6-7-11-23(22)30-17-8-12-25(28)29/h6-7,10-11,13-16,18H,3-5,8-9,12,17H2,1-2H3,(H,26,27)(H,28,29). The zero-order valence-corrected chi connectivity index (χ0v) is 17.8. The number of rotatable bonds is 12. The number of carboxylic acids is 1. The van der Waals surface area contributed by atoms with Gasteiger partial charge in [0.05, 0.1) is 12.3 Å². The second-order valence-electron chi connectivity index (χ2n) is 7.31. The van der Waals surface area contributed by atoms with Gasteiger partial charge in [0.2, 0.25) is 5.91 Å². The van der Waals surface area contributed by atoms with Crippen molar-refractivity contribution in [3.8, 4) is 5.75 Å². The topological polar surface area (TPSA) is 75.6 Å². The van der Waals surface area contributed by atoms with Crippen molar-refractivity contribution in [3.05, 3.63) is 65.7 Å². The number of aliphatic carboxylic acids is 1. The molecular weight excluding hydrogens is 378 g/mol. The minimum Gasteiger partial charge on any atom is -0.491 e. The summed E-state index contributed by atoms with van der Waals surface area (Å²) in [6.07, 6.45) is 6.77. The van der Waals surface area contributed by atoms with Crippen molar-refractivity contribution in [2.75, 3.05) is 11.9 Å². The van der Waals surface area contributed by atoms with Crippen molar-refractivity contribution in [1.82, 2.24) is 0 Å². The van der Waals surface area contributed by atoms with E-state index in [2.05, 4.69) is 36.5 Å². The van der Waals surface area contributed by atoms with Crippen LogP contribution in [0.1, 0.15) is 57.1 Å². The molecule has 0 bridgehead atoms. The maximum Gasteiger partial charge on any atom is 0.303 e. The van der Waals surface area contributed by atoms with Crippen molar-refractivity contribution in [2.45, 2.75) is 52.4 Å². The van der Waals surface area contributed by atoms with E-state index in [9.17, 15) is 9.59 Å². The highest BCUT2D eigenvalue weighted by Crippen LogP contribution is 2.24. The van der Waals surface area contributed by atoms with Gasteiger partial charge >= 0.3 is 5.97 Å². The summed E-state index contributed by atoms with van der Waals surface area (Å²) in [5, 5.41) is 11.6. The lowest BCUT2D eigenvalue weighted by Gasteiger charge is -2.11. The van der Waals surface area contributed by atoms with Crippen LogP contribution in [0.15, 0.2) is 54.6 Å². The molecule has 0 radical (unpaired) electrons. The molecule has 2 aromatic rings. The SMILES string of the molecule is CCCCCc1ccc(C(C)=CC(=O)Nc2ccccc2OCCCC(=O)O)cc1. The summed E-state index contributed by atoms with van der Waals surface area (Å²) in [6, 6.07) is 15.5. The van der Waals surface area contributed by atoms with E-state index >= 15 is 0 Å². The maximum absolute atomic E-state index is 12.5. The summed E-state index contributed by atoms with van der Waals surface area (Å²) in [5.41, 5.74) is 3.78. The number of hydrogen-bond donors (Lipinski definition) is 2. The Bertz CT molecular complexity index is 856. The van der Waals surface area contributed by atoms with Crippen molar-refractivity contribution in [1.29, 1.82) is 0 Å². The maximum atomic E-state index is 12.5. The van der Waals surface area contributed by atoms with Gasteiger partial charge in [0.25, 0.3) is 0 Å². The Balaban J connectivity index is 1.95. The molecule has 0 fully saturated rings. The monoisotopic (exact) mass is 409 g/mol. The minimum atomic E-state index is -0.852. The number of ether oxygens (including phenoxy) is 1. The summed E-state index contributed by atoms with van der Waals surface area (Å²) in [7, 11) is 0. The predicted octanol–water partition coefficient (Wildman–Crippen LogP) is 5.70. The van der Waals surface area contributed by atoms with Crippen LogP contribution in [0.25, 0.3) is 5.57 Å². The first-order valence-electron chi connectivity index (χ1n) is 10.5. The fraction of sp³-hybridized carbons (Fsp3) is 0.360. The number of carbonyl (C=O) groups is 2. The van der Waals surface area contributed by atoms with Crippen molar-refractivity contribution >= 4 is 23.1 Å². The van der Waals surface area contributed by atoms with Crippen LogP contribution < -0.4 is 10.1 Å². The molecule has 2 aromatic carbocycles. The Morgan fingerprint density at radius 1 is 1.03 bits per heavy atom. The highest BCUT2D eigenvalue weighted by molar-refractivity contribution is 6.04. The largest absolute Gasteiger partial charge is 0.491 e. The average molecular weight is 410 g/mol. The van der Waals surface area contributed by atoms with Crippen molar-refractivity contribution < 1.29 is 19.4 Å². The number of carbonyl (C=O) groups excluding carboxylic acids is 1. The summed E-state index contributed by atoms with van der Waals surface area (Å²) >= 11 is 0. The summed E-state index contributed by atoms with van der Waals surface area (Å²) in [6.45, 7) is 4.39. The van der Waals surface area contributed by atoms with Gasteiger partial charge in [-0.1, -0.05) is 56.2 Å². The number of benzene rings is 2. The molecule has 0 aliphatic heterocycles. The number of amides is 1. The number of anilines is 1. The third kappa shape index (κ3) is 8.11. The molecule has 0 saturated heterocycles. The highest BCUT2D eigenvalue weighted by atomic mass is 16.5. The number of carboxylic acid groups (broad SMARTS) is 1. The van der Waals surface area contributed by atoms with E-state index in [1.165, 1.54) is 24.8 Å². The Hall–Kier alpha value is -3.08. The van der Waals surface area contributed by atoms with Gasteiger partial charge < -0.3 is 15.2 Å². The number of para-hydroxylation sites is 2. The number of allylic oxidation sites excluding steroid dienone is 1. The van der Waals surface area contributed by atoms with Gasteiger partial charge in [-0.25, -0.2) is 0 Å². The molecule has 160 valence electrons. The molecule has 0 saturated carbocycles. The van der Waals surface area contributed by atoms with Gasteiger partial charge in [-0.3, -0.25) is 9.59 Å². The van der Waals surface area contributed by atoms with Gasteiger partial charge in [-0.05, 0) is 55.0 Å². The third-order valence-corrected chi connectivity index (χ3v) is 4.76. The third-order valence-electron chi connectivity index (χ3n) is 4.76. The Labute approximate surface area is 178 Å². The number of aryl methyl sites for hydroxylation is 1. The van der Waals surface area contributed by atoms with Crippen LogP contribution >= 0.6 is 0 Å². The van der Waals surface area contributed by atoms with Crippen LogP contribution in [0, 0.1) is 0 Å². The molecule has 30 heavy (non-hydrogen) atoms. The number of nitrogens with one attached hydrogen (secondary N) is 1. The highest BCUT2D eigenvalue weighted by Gasteiger charge is 2.07. The predicted molar refractivity (Wildman–Crippen MR) is 121 cm³/mol. The second kappa shape index (κ2) is 12.5. The van der Waals surface area contributed by atoms with Gasteiger partial charge in [-0.2, -0.15) is 0 Å². The zero-order valence-electron chi connectivity index (χ0n) is 17.8. The van der Waals surface area contributed by atoms with Crippen molar-refractivity contribution in [2.24, 2.45) is 0 Å². The molecule has 0 heterocycles. The van der Waals surface area contributed by atoms with Crippen LogP contribution in [0.3, 0.4) is 0 Å². The van der Waals surface area contributed by atoms with Gasteiger partial charge in [0.15, 0.2) is 0 Å². The molecule has 0 aliphatic rings. The Morgan fingerprint density at radius 3 is 2.47 bits per heavy atom. The molecule has 0 unspecified atom stereocenters. The molecular formula is C25H31NO4. The lowest BCUT2D eigenvalue weighted by molar-refractivity contribution is -0.137. The van der Waals surface area contributed by atoms with Gasteiger partial charge in [0.1, 0.15) is 5.75 Å². The summed E-state index contributed by atoms with van der Waals surface area (Å²) < 4.78 is 5.63. The normalized spacial score (nSPS) is 11.2. The first-order chi connectivity index (χ1) is 14.5. The summed E-state index contributed by atoms with van der Waals surface area (Å²) in [5.74, 6) is -0.561. The molecule has 2 rings (SSSR count). The van der Waals surface area contributed by atoms with E-state index in [1.807, 2.05) is 19.1 Å². The molecule has 0 aliphatic carbocycles. The molecule has 5 nitrogen and oxygen atoms in total. The average Bonchev–Trinajstić information content (AvgIpc) is 2.72. The van der Waals surface area contributed by atoms with E-state index in [4.69, 9.17) is 9.84 Å². The fourth-order valence-corrected chi connectivity index (χ4v) is 3.06. The zero-order chi connectivity index (χ0) is 21.8. The fourth-order valence-electron chi connectivity index (χ4n) is 3.06. The van der Waals surface area contributed by atoms with E-state index in [-0.39, 0.29) is 18.9 Å². The molecule has 5 heteroatoms. The van der Waals surface area contributed by atoms with Gasteiger partial charge in [-0.15, -0.1) is 0 Å². The van der Waals surface area contributed by atoms with Crippen LogP contribution in [0.5, 0.6) is 5.75 Å². The van der Waals surface area contributed by atoms with Crippen LogP contribution in [-0.4, -0.2) is 23.6 Å². The second-order valence-corrected chi connectivity index (χ2v) is 7.31. The first kappa shape index (κ1) is 23.2. The molecule has 2 N–H and O–H groups in total. The first-order valence-corrected chi connectivity index (χ1v) is 10.5. The lowest BCUT2D eigenvalue weighted by Crippen LogP contribution is -2.11. The summed E-state index contributed by atoms with van der Waals surface area (Å²) in [4.78, 5) is 23.1. The number of unbranched alkanes of at least 4 members (excludes halogenated alkanes) is 2. The van der Waals surface area contributed by atoms with Crippen LogP contribution in [-0.2, 0) is 16.0 Å². The quantitative estimate of drug-likeness (QED) is 0.348. The van der Waals surface area contributed by atoms with Gasteiger partial charge in [0, 0.05) is 12.5 Å². The number of hydrogen-bond acceptors (Lipinski definition) is 3. The van der Waals surface area contributed by atoms with E-state index in [0.717, 1.165) is 17.6 Å². The molecule has 0 aromatic heterocycles. The minimum absolute atomic E-state index is 0.0495. The Kier molecular flexibility index (Phi) is 9.65.